The van der Waals surface area contributed by atoms with E-state index in [2.05, 4.69) is 6.92 Å². The van der Waals surface area contributed by atoms with Gasteiger partial charge in [-0.15, -0.1) is 0 Å². The zero-order chi connectivity index (χ0) is 15.7. The van der Waals surface area contributed by atoms with E-state index in [9.17, 15) is 18.3 Å². The fourth-order valence-electron chi connectivity index (χ4n) is 3.42. The molecule has 0 spiro atoms. The van der Waals surface area contributed by atoms with Gasteiger partial charge in [0.1, 0.15) is 0 Å². The molecular weight excluding hydrogens is 277 g/mol. The SMILES string of the molecule is CCCCCCCCCC(O)C1CCCC(C(F)(F)F)C1. The van der Waals surface area contributed by atoms with Crippen molar-refractivity contribution in [1.82, 2.24) is 0 Å². The van der Waals surface area contributed by atoms with Gasteiger partial charge in [0, 0.05) is 0 Å². The first-order chi connectivity index (χ1) is 9.95. The Morgan fingerprint density at radius 2 is 1.62 bits per heavy atom. The number of aliphatic hydroxyl groups is 1. The highest BCUT2D eigenvalue weighted by Crippen LogP contribution is 2.41. The second-order valence-electron chi connectivity index (χ2n) is 6.64. The molecule has 126 valence electrons. The number of aliphatic hydroxyl groups excluding tert-OH is 1. The zero-order valence-electron chi connectivity index (χ0n) is 13.3. The van der Waals surface area contributed by atoms with E-state index in [1.165, 1.54) is 32.1 Å². The molecule has 0 aliphatic heterocycles. The maximum absolute atomic E-state index is 12.8. The highest BCUT2D eigenvalue weighted by molar-refractivity contribution is 4.81. The van der Waals surface area contributed by atoms with E-state index in [-0.39, 0.29) is 18.8 Å². The lowest BCUT2D eigenvalue weighted by Crippen LogP contribution is -2.33. The lowest BCUT2D eigenvalue weighted by molar-refractivity contribution is -0.188. The van der Waals surface area contributed by atoms with Gasteiger partial charge in [0.05, 0.1) is 12.0 Å². The molecule has 1 aliphatic carbocycles. The highest BCUT2D eigenvalue weighted by atomic mass is 19.4. The van der Waals surface area contributed by atoms with Crippen LogP contribution in [-0.2, 0) is 0 Å². The van der Waals surface area contributed by atoms with Crippen molar-refractivity contribution in [2.45, 2.75) is 96.3 Å². The van der Waals surface area contributed by atoms with Gasteiger partial charge in [-0.05, 0) is 31.6 Å². The Kier molecular flexibility index (Phi) is 8.69. The Hall–Kier alpha value is -0.250. The van der Waals surface area contributed by atoms with Gasteiger partial charge in [0.2, 0.25) is 0 Å². The molecular formula is C17H31F3O. The highest BCUT2D eigenvalue weighted by Gasteiger charge is 2.43. The van der Waals surface area contributed by atoms with Gasteiger partial charge in [0.25, 0.3) is 0 Å². The summed E-state index contributed by atoms with van der Waals surface area (Å²) in [7, 11) is 0. The van der Waals surface area contributed by atoms with Gasteiger partial charge < -0.3 is 5.11 Å². The van der Waals surface area contributed by atoms with Gasteiger partial charge in [-0.1, -0.05) is 58.3 Å². The Bertz CT molecular complexity index is 265. The average molecular weight is 308 g/mol. The molecule has 0 saturated heterocycles. The Labute approximate surface area is 127 Å². The summed E-state index contributed by atoms with van der Waals surface area (Å²) >= 11 is 0. The molecule has 0 amide bonds. The first-order valence-electron chi connectivity index (χ1n) is 8.70. The topological polar surface area (TPSA) is 20.2 Å². The molecule has 1 saturated carbocycles. The molecule has 1 rings (SSSR count). The van der Waals surface area contributed by atoms with Crippen LogP contribution < -0.4 is 0 Å². The third-order valence-electron chi connectivity index (χ3n) is 4.83. The van der Waals surface area contributed by atoms with Crippen LogP contribution in [0.25, 0.3) is 0 Å². The van der Waals surface area contributed by atoms with Crippen molar-refractivity contribution >= 4 is 0 Å². The maximum atomic E-state index is 12.8. The molecule has 3 unspecified atom stereocenters. The van der Waals surface area contributed by atoms with Gasteiger partial charge in [0.15, 0.2) is 0 Å². The minimum atomic E-state index is -4.09. The Balaban J connectivity index is 2.15. The number of halogens is 3. The van der Waals surface area contributed by atoms with Gasteiger partial charge in [-0.3, -0.25) is 0 Å². The maximum Gasteiger partial charge on any atom is 0.391 e. The van der Waals surface area contributed by atoms with Gasteiger partial charge >= 0.3 is 6.18 Å². The molecule has 0 radical (unpaired) electrons. The molecule has 0 bridgehead atoms. The van der Waals surface area contributed by atoms with Crippen molar-refractivity contribution in [3.63, 3.8) is 0 Å². The van der Waals surface area contributed by atoms with Gasteiger partial charge in [-0.2, -0.15) is 13.2 Å². The first kappa shape index (κ1) is 18.8. The lowest BCUT2D eigenvalue weighted by Gasteiger charge is -2.33. The largest absolute Gasteiger partial charge is 0.393 e. The molecule has 1 fully saturated rings. The van der Waals surface area contributed by atoms with E-state index < -0.39 is 18.2 Å². The van der Waals surface area contributed by atoms with Crippen LogP contribution in [0.15, 0.2) is 0 Å². The molecule has 3 atom stereocenters. The first-order valence-corrected chi connectivity index (χ1v) is 8.70. The Morgan fingerprint density at radius 3 is 2.24 bits per heavy atom. The van der Waals surface area contributed by atoms with Crippen LogP contribution >= 0.6 is 0 Å². The van der Waals surface area contributed by atoms with Crippen molar-refractivity contribution in [2.24, 2.45) is 11.8 Å². The molecule has 1 aliphatic rings. The predicted octanol–water partition coefficient (Wildman–Crippen LogP) is 5.86. The fourth-order valence-corrected chi connectivity index (χ4v) is 3.42. The number of unbranched alkanes of at least 4 members (excludes halogenated alkanes) is 6. The van der Waals surface area contributed by atoms with Crippen LogP contribution in [0, 0.1) is 11.8 Å². The molecule has 0 heterocycles. The standard InChI is InChI=1S/C17H31F3O/c1-2-3-4-5-6-7-8-12-16(21)14-10-9-11-15(13-14)17(18,19)20/h14-16,21H,2-13H2,1H3. The number of alkyl halides is 3. The van der Waals surface area contributed by atoms with Crippen LogP contribution in [0.3, 0.4) is 0 Å². The summed E-state index contributed by atoms with van der Waals surface area (Å²) in [4.78, 5) is 0. The molecule has 4 heteroatoms. The minimum absolute atomic E-state index is 0.126. The summed E-state index contributed by atoms with van der Waals surface area (Å²) in [5.41, 5.74) is 0. The molecule has 0 aromatic heterocycles. The molecule has 0 aromatic carbocycles. The van der Waals surface area contributed by atoms with Crippen molar-refractivity contribution in [1.29, 1.82) is 0 Å². The molecule has 0 aromatic rings. The van der Waals surface area contributed by atoms with E-state index in [1.807, 2.05) is 0 Å². The Morgan fingerprint density at radius 1 is 1.00 bits per heavy atom. The number of rotatable bonds is 9. The van der Waals surface area contributed by atoms with Crippen LogP contribution in [-0.4, -0.2) is 17.4 Å². The normalized spacial score (nSPS) is 25.0. The van der Waals surface area contributed by atoms with E-state index in [0.717, 1.165) is 19.3 Å². The van der Waals surface area contributed by atoms with E-state index in [1.54, 1.807) is 0 Å². The third-order valence-corrected chi connectivity index (χ3v) is 4.83. The number of hydrogen-bond donors (Lipinski definition) is 1. The van der Waals surface area contributed by atoms with E-state index in [4.69, 9.17) is 0 Å². The van der Waals surface area contributed by atoms with Crippen molar-refractivity contribution in [3.8, 4) is 0 Å². The van der Waals surface area contributed by atoms with E-state index >= 15 is 0 Å². The quantitative estimate of drug-likeness (QED) is 0.529. The predicted molar refractivity (Wildman–Crippen MR) is 80.1 cm³/mol. The summed E-state index contributed by atoms with van der Waals surface area (Å²) < 4.78 is 38.3. The van der Waals surface area contributed by atoms with Crippen molar-refractivity contribution in [2.75, 3.05) is 0 Å². The van der Waals surface area contributed by atoms with E-state index in [0.29, 0.717) is 12.8 Å². The summed E-state index contributed by atoms with van der Waals surface area (Å²) in [6.45, 7) is 2.19. The van der Waals surface area contributed by atoms with Crippen LogP contribution in [0.1, 0.15) is 84.0 Å². The van der Waals surface area contributed by atoms with Crippen LogP contribution in [0.5, 0.6) is 0 Å². The second-order valence-corrected chi connectivity index (χ2v) is 6.64. The monoisotopic (exact) mass is 308 g/mol. The lowest BCUT2D eigenvalue weighted by atomic mass is 9.77. The van der Waals surface area contributed by atoms with Crippen LogP contribution in [0.4, 0.5) is 13.2 Å². The summed E-state index contributed by atoms with van der Waals surface area (Å²) in [5.74, 6) is -1.34. The summed E-state index contributed by atoms with van der Waals surface area (Å²) in [6, 6.07) is 0. The minimum Gasteiger partial charge on any atom is -0.393 e. The second kappa shape index (κ2) is 9.70. The summed E-state index contributed by atoms with van der Waals surface area (Å²) in [5, 5.41) is 10.1. The summed E-state index contributed by atoms with van der Waals surface area (Å²) in [6.07, 6.45) is 6.02. The number of hydrogen-bond acceptors (Lipinski definition) is 1. The molecule has 1 N–H and O–H groups in total. The van der Waals surface area contributed by atoms with Gasteiger partial charge in [-0.25, -0.2) is 0 Å². The molecule has 1 nitrogen and oxygen atoms in total. The smallest absolute Gasteiger partial charge is 0.391 e. The average Bonchev–Trinajstić information content (AvgIpc) is 2.45. The third kappa shape index (κ3) is 7.53. The van der Waals surface area contributed by atoms with Crippen LogP contribution in [0.2, 0.25) is 0 Å². The van der Waals surface area contributed by atoms with Crippen molar-refractivity contribution in [3.05, 3.63) is 0 Å². The fraction of sp³-hybridized carbons (Fsp3) is 1.00. The van der Waals surface area contributed by atoms with Crippen molar-refractivity contribution < 1.29 is 18.3 Å². The molecule has 21 heavy (non-hydrogen) atoms. The zero-order valence-corrected chi connectivity index (χ0v) is 13.3.